The molecule has 4 aromatic carbocycles. The molecule has 0 aliphatic rings. The molecule has 4 rings (SSSR count). The molecule has 0 saturated carbocycles. The molecule has 0 unspecified atom stereocenters. The number of hydrogen-bond acceptors (Lipinski definition) is 4. The Morgan fingerprint density at radius 2 is 1.42 bits per heavy atom. The van der Waals surface area contributed by atoms with Gasteiger partial charge in [-0.25, -0.2) is 8.42 Å². The highest BCUT2D eigenvalue weighted by Gasteiger charge is 2.35. The summed E-state index contributed by atoms with van der Waals surface area (Å²) in [5, 5.41) is 4.01. The van der Waals surface area contributed by atoms with Gasteiger partial charge in [-0.2, -0.15) is 0 Å². The second-order valence-electron chi connectivity index (χ2n) is 10.9. The maximum Gasteiger partial charge on any atom is 0.264 e. The van der Waals surface area contributed by atoms with Gasteiger partial charge in [0.15, 0.2) is 0 Å². The largest absolute Gasteiger partial charge is 0.352 e. The summed E-state index contributed by atoms with van der Waals surface area (Å²) in [5.74, 6) is -0.866. The summed E-state index contributed by atoms with van der Waals surface area (Å²) < 4.78 is 29.4. The van der Waals surface area contributed by atoms with E-state index in [4.69, 9.17) is 23.2 Å². The van der Waals surface area contributed by atoms with Gasteiger partial charge in [-0.15, -0.1) is 0 Å². The van der Waals surface area contributed by atoms with Crippen molar-refractivity contribution in [2.24, 2.45) is 0 Å². The van der Waals surface area contributed by atoms with Crippen LogP contribution in [0.25, 0.3) is 0 Å². The van der Waals surface area contributed by atoms with E-state index in [1.54, 1.807) is 67.6 Å². The van der Waals surface area contributed by atoms with Crippen molar-refractivity contribution in [3.63, 3.8) is 0 Å². The fraction of sp³-hybridized carbons (Fsp3) is 0.257. The van der Waals surface area contributed by atoms with Gasteiger partial charge in [0.1, 0.15) is 12.6 Å². The zero-order valence-corrected chi connectivity index (χ0v) is 27.8. The Bertz CT molecular complexity index is 1700. The van der Waals surface area contributed by atoms with Crippen LogP contribution in [0.4, 0.5) is 5.69 Å². The molecule has 45 heavy (non-hydrogen) atoms. The monoisotopic (exact) mass is 665 g/mol. The summed E-state index contributed by atoms with van der Waals surface area (Å²) in [6.45, 7) is 5.12. The smallest absolute Gasteiger partial charge is 0.264 e. The minimum absolute atomic E-state index is 0.0340. The highest BCUT2D eigenvalue weighted by Crippen LogP contribution is 2.29. The summed E-state index contributed by atoms with van der Waals surface area (Å²) >= 11 is 12.4. The van der Waals surface area contributed by atoms with Gasteiger partial charge in [-0.05, 0) is 79.4 Å². The SMILES string of the molecule is CC[C@H](C)NC(=O)[C@H](Cc1ccccc1)N(Cc1ccc(Cl)cc1)C(=O)CN(c1ccc(Cl)cc1C)S(=O)(=O)c1ccccc1. The molecule has 2 atom stereocenters. The van der Waals surface area contributed by atoms with Gasteiger partial charge in [-0.1, -0.05) is 90.8 Å². The second kappa shape index (κ2) is 15.4. The van der Waals surface area contributed by atoms with E-state index in [0.717, 1.165) is 15.4 Å². The molecular formula is C35H37Cl2N3O4S. The van der Waals surface area contributed by atoms with Crippen molar-refractivity contribution >= 4 is 50.7 Å². The Morgan fingerprint density at radius 1 is 0.822 bits per heavy atom. The van der Waals surface area contributed by atoms with Gasteiger partial charge >= 0.3 is 0 Å². The van der Waals surface area contributed by atoms with Gasteiger partial charge in [0.25, 0.3) is 10.0 Å². The maximum absolute atomic E-state index is 14.5. The van der Waals surface area contributed by atoms with Crippen LogP contribution in [-0.2, 0) is 32.6 Å². The van der Waals surface area contributed by atoms with Crippen molar-refractivity contribution in [3.05, 3.63) is 130 Å². The molecule has 4 aromatic rings. The van der Waals surface area contributed by atoms with Crippen molar-refractivity contribution in [2.45, 2.75) is 57.1 Å². The fourth-order valence-corrected chi connectivity index (χ4v) is 6.77. The number of halogens is 2. The van der Waals surface area contributed by atoms with E-state index in [2.05, 4.69) is 5.32 Å². The van der Waals surface area contributed by atoms with Crippen LogP contribution in [0.1, 0.15) is 37.0 Å². The Morgan fingerprint density at radius 3 is 2.02 bits per heavy atom. The zero-order valence-electron chi connectivity index (χ0n) is 25.5. The molecule has 0 spiro atoms. The number of hydrogen-bond donors (Lipinski definition) is 1. The quantitative estimate of drug-likeness (QED) is 0.166. The van der Waals surface area contributed by atoms with Crippen LogP contribution in [0.5, 0.6) is 0 Å². The van der Waals surface area contributed by atoms with E-state index in [1.807, 2.05) is 44.2 Å². The number of carbonyl (C=O) groups is 2. The second-order valence-corrected chi connectivity index (χ2v) is 13.7. The van der Waals surface area contributed by atoms with Crippen LogP contribution in [-0.4, -0.2) is 43.8 Å². The lowest BCUT2D eigenvalue weighted by atomic mass is 10.0. The van der Waals surface area contributed by atoms with Crippen LogP contribution in [0, 0.1) is 6.92 Å². The highest BCUT2D eigenvalue weighted by atomic mass is 35.5. The number of aryl methyl sites for hydroxylation is 1. The Kier molecular flexibility index (Phi) is 11.7. The number of rotatable bonds is 13. The molecule has 7 nitrogen and oxygen atoms in total. The zero-order chi connectivity index (χ0) is 32.6. The summed E-state index contributed by atoms with van der Waals surface area (Å²) in [6, 6.07) is 28.2. The minimum atomic E-state index is -4.20. The van der Waals surface area contributed by atoms with Gasteiger partial charge in [0, 0.05) is 29.1 Å². The number of carbonyl (C=O) groups excluding carboxylic acids is 2. The van der Waals surface area contributed by atoms with Crippen molar-refractivity contribution < 1.29 is 18.0 Å². The predicted octanol–water partition coefficient (Wildman–Crippen LogP) is 7.05. The van der Waals surface area contributed by atoms with E-state index in [1.165, 1.54) is 17.0 Å². The van der Waals surface area contributed by atoms with E-state index in [0.29, 0.717) is 27.7 Å². The number of benzene rings is 4. The number of sulfonamides is 1. The Hall–Kier alpha value is -3.85. The average Bonchev–Trinajstić information content (AvgIpc) is 3.03. The molecule has 0 heterocycles. The molecule has 1 N–H and O–H groups in total. The summed E-state index contributed by atoms with van der Waals surface area (Å²) in [5.41, 5.74) is 2.49. The highest BCUT2D eigenvalue weighted by molar-refractivity contribution is 7.92. The van der Waals surface area contributed by atoms with Gasteiger partial charge in [0.05, 0.1) is 10.6 Å². The molecule has 2 amide bonds. The first-order chi connectivity index (χ1) is 21.5. The lowest BCUT2D eigenvalue weighted by Gasteiger charge is -2.34. The number of nitrogens with zero attached hydrogens (tertiary/aromatic N) is 2. The van der Waals surface area contributed by atoms with E-state index in [9.17, 15) is 18.0 Å². The molecule has 0 radical (unpaired) electrons. The van der Waals surface area contributed by atoms with E-state index < -0.39 is 28.5 Å². The van der Waals surface area contributed by atoms with Crippen LogP contribution in [0.15, 0.2) is 108 Å². The van der Waals surface area contributed by atoms with Crippen molar-refractivity contribution in [2.75, 3.05) is 10.8 Å². The third-order valence-electron chi connectivity index (χ3n) is 7.58. The van der Waals surface area contributed by atoms with Crippen LogP contribution >= 0.6 is 23.2 Å². The van der Waals surface area contributed by atoms with Gasteiger partial charge in [0.2, 0.25) is 11.8 Å². The molecule has 0 aromatic heterocycles. The molecule has 0 bridgehead atoms. The molecule has 0 aliphatic heterocycles. The third kappa shape index (κ3) is 8.87. The summed E-state index contributed by atoms with van der Waals surface area (Å²) in [7, 11) is -4.20. The van der Waals surface area contributed by atoms with Gasteiger partial charge < -0.3 is 10.2 Å². The first-order valence-corrected chi connectivity index (χ1v) is 16.9. The predicted molar refractivity (Wildman–Crippen MR) is 181 cm³/mol. The Balaban J connectivity index is 1.82. The number of nitrogens with one attached hydrogen (secondary N) is 1. The van der Waals surface area contributed by atoms with Crippen molar-refractivity contribution in [1.29, 1.82) is 0 Å². The topological polar surface area (TPSA) is 86.8 Å². The summed E-state index contributed by atoms with van der Waals surface area (Å²) in [4.78, 5) is 29.9. The lowest BCUT2D eigenvalue weighted by Crippen LogP contribution is -2.54. The Labute approximate surface area is 275 Å². The van der Waals surface area contributed by atoms with Crippen LogP contribution < -0.4 is 9.62 Å². The molecule has 236 valence electrons. The first kappa shape index (κ1) is 34.0. The molecular weight excluding hydrogens is 629 g/mol. The molecule has 10 heteroatoms. The minimum Gasteiger partial charge on any atom is -0.352 e. The lowest BCUT2D eigenvalue weighted by molar-refractivity contribution is -0.140. The molecule has 0 fully saturated rings. The number of anilines is 1. The standard InChI is InChI=1S/C35H37Cl2N3O4S/c1-4-26(3)38-35(42)33(22-27-11-7-5-8-12-27)39(23-28-15-17-29(36)18-16-28)34(41)24-40(32-20-19-30(37)21-25(32)2)45(43,44)31-13-9-6-10-14-31/h5-21,26,33H,4,22-24H2,1-3H3,(H,38,42)/t26-,33-/m0/s1. The third-order valence-corrected chi connectivity index (χ3v) is 9.84. The van der Waals surface area contributed by atoms with Crippen molar-refractivity contribution in [3.8, 4) is 0 Å². The molecule has 0 saturated heterocycles. The van der Waals surface area contributed by atoms with E-state index >= 15 is 0 Å². The fourth-order valence-electron chi connectivity index (χ4n) is 4.91. The summed E-state index contributed by atoms with van der Waals surface area (Å²) in [6.07, 6.45) is 0.932. The van der Waals surface area contributed by atoms with Crippen LogP contribution in [0.2, 0.25) is 10.0 Å². The number of amides is 2. The van der Waals surface area contributed by atoms with Crippen molar-refractivity contribution in [1.82, 2.24) is 10.2 Å². The normalized spacial score (nSPS) is 12.6. The average molecular weight is 667 g/mol. The maximum atomic E-state index is 14.5. The van der Waals surface area contributed by atoms with Gasteiger partial charge in [-0.3, -0.25) is 13.9 Å². The van der Waals surface area contributed by atoms with E-state index in [-0.39, 0.29) is 29.8 Å². The molecule has 0 aliphatic carbocycles. The van der Waals surface area contributed by atoms with Crippen LogP contribution in [0.3, 0.4) is 0 Å². The first-order valence-electron chi connectivity index (χ1n) is 14.7.